The fraction of sp³-hybridized carbons (Fsp3) is 0.0417. The third-order valence-electron chi connectivity index (χ3n) is 5.37. The molecule has 140 valence electrons. The summed E-state index contributed by atoms with van der Waals surface area (Å²) in [5.41, 5.74) is 2.60. The number of ketones is 2. The van der Waals surface area contributed by atoms with E-state index < -0.39 is 17.5 Å². The van der Waals surface area contributed by atoms with E-state index in [4.69, 9.17) is 9.52 Å². The van der Waals surface area contributed by atoms with Crippen molar-refractivity contribution in [3.05, 3.63) is 82.9 Å². The molecular formula is C24H14O5. The number of benzene rings is 3. The lowest BCUT2D eigenvalue weighted by Gasteiger charge is -2.15. The summed E-state index contributed by atoms with van der Waals surface area (Å²) in [5, 5.41) is 10.7. The van der Waals surface area contributed by atoms with Gasteiger partial charge in [-0.1, -0.05) is 42.5 Å². The van der Waals surface area contributed by atoms with Gasteiger partial charge < -0.3 is 9.52 Å². The SMILES string of the molecule is Cc1c(-c2ccc(C(=O)O)cc2)oc2c1C(=O)C(=O)c1c-2ccc2ccccc12. The summed E-state index contributed by atoms with van der Waals surface area (Å²) in [6.45, 7) is 1.74. The first-order valence-corrected chi connectivity index (χ1v) is 9.05. The normalized spacial score (nSPS) is 12.7. The zero-order chi connectivity index (χ0) is 20.3. The van der Waals surface area contributed by atoms with Crippen LogP contribution in [-0.4, -0.2) is 22.6 Å². The molecule has 5 rings (SSSR count). The molecule has 4 aromatic rings. The van der Waals surface area contributed by atoms with Crippen molar-refractivity contribution in [2.75, 3.05) is 0 Å². The number of carboxylic acid groups (broad SMARTS) is 1. The van der Waals surface area contributed by atoms with Crippen LogP contribution in [0.5, 0.6) is 0 Å². The highest BCUT2D eigenvalue weighted by atomic mass is 16.4. The molecule has 0 fully saturated rings. The summed E-state index contributed by atoms with van der Waals surface area (Å²) in [5.74, 6) is -1.31. The number of carboxylic acids is 1. The summed E-state index contributed by atoms with van der Waals surface area (Å²) in [6.07, 6.45) is 0. The van der Waals surface area contributed by atoms with E-state index in [1.807, 2.05) is 30.3 Å². The summed E-state index contributed by atoms with van der Waals surface area (Å²) >= 11 is 0. The second-order valence-electron chi connectivity index (χ2n) is 7.01. The molecule has 0 aliphatic heterocycles. The predicted octanol–water partition coefficient (Wildman–Crippen LogP) is 5.15. The number of rotatable bonds is 2. The van der Waals surface area contributed by atoms with Crippen LogP contribution < -0.4 is 0 Å². The van der Waals surface area contributed by atoms with Gasteiger partial charge in [-0.25, -0.2) is 4.79 Å². The number of fused-ring (bicyclic) bond motifs is 5. The van der Waals surface area contributed by atoms with Crippen molar-refractivity contribution in [1.29, 1.82) is 0 Å². The third kappa shape index (κ3) is 2.37. The monoisotopic (exact) mass is 382 g/mol. The zero-order valence-corrected chi connectivity index (χ0v) is 15.4. The predicted molar refractivity (Wildman–Crippen MR) is 107 cm³/mol. The molecule has 1 N–H and O–H groups in total. The van der Waals surface area contributed by atoms with Gasteiger partial charge >= 0.3 is 5.97 Å². The molecule has 5 heteroatoms. The number of hydrogen-bond acceptors (Lipinski definition) is 4. The number of Topliss-reactive ketones (excluding diaryl/α,β-unsaturated/α-hetero) is 2. The molecule has 0 unspecified atom stereocenters. The molecule has 0 saturated heterocycles. The van der Waals surface area contributed by atoms with Crippen LogP contribution >= 0.6 is 0 Å². The molecule has 29 heavy (non-hydrogen) atoms. The highest BCUT2D eigenvalue weighted by molar-refractivity contribution is 6.54. The molecule has 1 heterocycles. The lowest BCUT2D eigenvalue weighted by atomic mass is 9.84. The highest BCUT2D eigenvalue weighted by Gasteiger charge is 2.37. The van der Waals surface area contributed by atoms with E-state index in [9.17, 15) is 14.4 Å². The van der Waals surface area contributed by atoms with Crippen molar-refractivity contribution in [3.63, 3.8) is 0 Å². The van der Waals surface area contributed by atoms with Gasteiger partial charge in [0.15, 0.2) is 0 Å². The molecule has 3 aromatic carbocycles. The fourth-order valence-corrected chi connectivity index (χ4v) is 3.95. The fourth-order valence-electron chi connectivity index (χ4n) is 3.95. The summed E-state index contributed by atoms with van der Waals surface area (Å²) in [6, 6.07) is 17.4. The number of carbonyl (C=O) groups excluding carboxylic acids is 2. The highest BCUT2D eigenvalue weighted by Crippen LogP contribution is 2.43. The van der Waals surface area contributed by atoms with Gasteiger partial charge in [-0.3, -0.25) is 9.59 Å². The summed E-state index contributed by atoms with van der Waals surface area (Å²) < 4.78 is 6.10. The Bertz CT molecular complexity index is 1360. The Hall–Kier alpha value is -3.99. The van der Waals surface area contributed by atoms with E-state index in [0.29, 0.717) is 33.8 Å². The molecule has 0 radical (unpaired) electrons. The molecule has 1 aliphatic rings. The third-order valence-corrected chi connectivity index (χ3v) is 5.37. The van der Waals surface area contributed by atoms with Crippen molar-refractivity contribution in [2.45, 2.75) is 6.92 Å². The van der Waals surface area contributed by atoms with Crippen LogP contribution in [0.25, 0.3) is 33.4 Å². The molecule has 0 saturated carbocycles. The summed E-state index contributed by atoms with van der Waals surface area (Å²) in [4.78, 5) is 37.0. The maximum absolute atomic E-state index is 13.0. The average molecular weight is 382 g/mol. The van der Waals surface area contributed by atoms with E-state index in [1.165, 1.54) is 12.1 Å². The minimum atomic E-state index is -1.02. The van der Waals surface area contributed by atoms with E-state index in [1.54, 1.807) is 25.1 Å². The largest absolute Gasteiger partial charge is 0.478 e. The van der Waals surface area contributed by atoms with Crippen molar-refractivity contribution in [2.24, 2.45) is 0 Å². The van der Waals surface area contributed by atoms with Gasteiger partial charge in [-0.2, -0.15) is 0 Å². The van der Waals surface area contributed by atoms with E-state index in [2.05, 4.69) is 0 Å². The average Bonchev–Trinajstić information content (AvgIpc) is 3.08. The van der Waals surface area contributed by atoms with Crippen LogP contribution in [0.1, 0.15) is 36.6 Å². The summed E-state index contributed by atoms with van der Waals surface area (Å²) in [7, 11) is 0. The van der Waals surface area contributed by atoms with Gasteiger partial charge in [0.2, 0.25) is 11.6 Å². The Morgan fingerprint density at radius 3 is 2.24 bits per heavy atom. The van der Waals surface area contributed by atoms with Gasteiger partial charge in [-0.15, -0.1) is 0 Å². The van der Waals surface area contributed by atoms with Gasteiger partial charge in [0.25, 0.3) is 0 Å². The molecule has 5 nitrogen and oxygen atoms in total. The van der Waals surface area contributed by atoms with Crippen LogP contribution in [0.4, 0.5) is 0 Å². The van der Waals surface area contributed by atoms with E-state index in [-0.39, 0.29) is 11.1 Å². The number of aromatic carboxylic acids is 1. The first-order valence-electron chi connectivity index (χ1n) is 9.05. The Morgan fingerprint density at radius 1 is 0.828 bits per heavy atom. The van der Waals surface area contributed by atoms with Crippen LogP contribution in [0, 0.1) is 6.92 Å². The number of hydrogen-bond donors (Lipinski definition) is 1. The van der Waals surface area contributed by atoms with Crippen molar-refractivity contribution < 1.29 is 23.9 Å². The molecule has 0 atom stereocenters. The van der Waals surface area contributed by atoms with Gasteiger partial charge in [0.1, 0.15) is 11.5 Å². The lowest BCUT2D eigenvalue weighted by Crippen LogP contribution is -2.21. The van der Waals surface area contributed by atoms with E-state index >= 15 is 0 Å². The number of furan rings is 1. The molecule has 0 amide bonds. The first kappa shape index (κ1) is 17.1. The second kappa shape index (κ2) is 6.01. The Labute approximate surface area is 165 Å². The van der Waals surface area contributed by atoms with Crippen molar-refractivity contribution in [1.82, 2.24) is 0 Å². The molecular weight excluding hydrogens is 368 g/mol. The van der Waals surface area contributed by atoms with Crippen molar-refractivity contribution >= 4 is 28.3 Å². The Morgan fingerprint density at radius 2 is 1.52 bits per heavy atom. The van der Waals surface area contributed by atoms with Gasteiger partial charge in [0, 0.05) is 22.3 Å². The Balaban J connectivity index is 1.76. The quantitative estimate of drug-likeness (QED) is 0.485. The molecule has 1 aromatic heterocycles. The lowest BCUT2D eigenvalue weighted by molar-refractivity contribution is 0.0696. The van der Waals surface area contributed by atoms with Gasteiger partial charge in [0.05, 0.1) is 11.1 Å². The standard InChI is InChI=1S/C24H14O5/c1-12-18-20(25)21(26)19-16-5-3-2-4-13(16)10-11-17(19)23(18)29-22(12)14-6-8-15(9-7-14)24(27)28/h2-11H,1H3,(H,27,28). The minimum absolute atomic E-state index is 0.158. The maximum Gasteiger partial charge on any atom is 0.335 e. The van der Waals surface area contributed by atoms with Crippen LogP contribution in [0.2, 0.25) is 0 Å². The zero-order valence-electron chi connectivity index (χ0n) is 15.4. The number of carbonyl (C=O) groups is 3. The van der Waals surface area contributed by atoms with Crippen LogP contribution in [0.3, 0.4) is 0 Å². The molecule has 0 bridgehead atoms. The maximum atomic E-state index is 13.0. The minimum Gasteiger partial charge on any atom is -0.478 e. The topological polar surface area (TPSA) is 84.6 Å². The Kier molecular flexibility index (Phi) is 3.55. The molecule has 1 aliphatic carbocycles. The second-order valence-corrected chi connectivity index (χ2v) is 7.01. The van der Waals surface area contributed by atoms with Crippen molar-refractivity contribution in [3.8, 4) is 22.6 Å². The smallest absolute Gasteiger partial charge is 0.335 e. The molecule has 0 spiro atoms. The van der Waals surface area contributed by atoms with Gasteiger partial charge in [-0.05, 0) is 35.9 Å². The first-order chi connectivity index (χ1) is 14.0. The van der Waals surface area contributed by atoms with Crippen LogP contribution in [-0.2, 0) is 0 Å². The van der Waals surface area contributed by atoms with E-state index in [0.717, 1.165) is 10.8 Å². The van der Waals surface area contributed by atoms with Crippen LogP contribution in [0.15, 0.2) is 65.1 Å².